The van der Waals surface area contributed by atoms with Crippen LogP contribution >= 0.6 is 0 Å². The molecule has 1 heterocycles. The van der Waals surface area contributed by atoms with Gasteiger partial charge in [0.15, 0.2) is 0 Å². The van der Waals surface area contributed by atoms with Gasteiger partial charge in [-0.2, -0.15) is 0 Å². The molecule has 108 valence electrons. The summed E-state index contributed by atoms with van der Waals surface area (Å²) in [6, 6.07) is -0.0257. The molecule has 2 aliphatic rings. The number of carbonyl (C=O) groups is 1. The highest BCUT2D eigenvalue weighted by molar-refractivity contribution is 5.81. The number of hydrogen-bond donors (Lipinski definition) is 1. The molecule has 0 aromatic heterocycles. The predicted octanol–water partition coefficient (Wildman–Crippen LogP) is 2.87. The van der Waals surface area contributed by atoms with Crippen molar-refractivity contribution in [3.05, 3.63) is 11.6 Å². The van der Waals surface area contributed by atoms with E-state index >= 15 is 0 Å². The van der Waals surface area contributed by atoms with Gasteiger partial charge in [-0.25, -0.2) is 0 Å². The van der Waals surface area contributed by atoms with Gasteiger partial charge in [0.05, 0.1) is 6.04 Å². The molecule has 3 nitrogen and oxygen atoms in total. The quantitative estimate of drug-likeness (QED) is 0.774. The number of hydrogen-bond acceptors (Lipinski definition) is 2. The lowest BCUT2D eigenvalue weighted by molar-refractivity contribution is -0.133. The average molecular weight is 264 g/mol. The van der Waals surface area contributed by atoms with Crippen LogP contribution in [0.5, 0.6) is 0 Å². The number of rotatable bonds is 5. The fourth-order valence-corrected chi connectivity index (χ4v) is 3.06. The Hall–Kier alpha value is -0.830. The van der Waals surface area contributed by atoms with Crippen LogP contribution in [0, 0.1) is 0 Å². The summed E-state index contributed by atoms with van der Waals surface area (Å²) in [5.41, 5.74) is 1.58. The molecule has 1 aliphatic carbocycles. The van der Waals surface area contributed by atoms with Crippen LogP contribution in [0.25, 0.3) is 0 Å². The van der Waals surface area contributed by atoms with E-state index in [-0.39, 0.29) is 11.9 Å². The van der Waals surface area contributed by atoms with Crippen LogP contribution in [-0.4, -0.2) is 36.5 Å². The van der Waals surface area contributed by atoms with E-state index in [9.17, 15) is 4.79 Å². The highest BCUT2D eigenvalue weighted by Gasteiger charge is 2.21. The van der Waals surface area contributed by atoms with E-state index < -0.39 is 0 Å². The molecule has 0 unspecified atom stereocenters. The molecule has 19 heavy (non-hydrogen) atoms. The van der Waals surface area contributed by atoms with Gasteiger partial charge in [0.25, 0.3) is 0 Å². The minimum Gasteiger partial charge on any atom is -0.341 e. The van der Waals surface area contributed by atoms with Crippen LogP contribution in [0.3, 0.4) is 0 Å². The van der Waals surface area contributed by atoms with Crippen molar-refractivity contribution in [3.8, 4) is 0 Å². The summed E-state index contributed by atoms with van der Waals surface area (Å²) >= 11 is 0. The van der Waals surface area contributed by atoms with E-state index in [1.807, 2.05) is 11.8 Å². The number of nitrogens with one attached hydrogen (secondary N) is 1. The van der Waals surface area contributed by atoms with Gasteiger partial charge in [0, 0.05) is 13.1 Å². The lowest BCUT2D eigenvalue weighted by Gasteiger charge is -2.29. The van der Waals surface area contributed by atoms with Crippen molar-refractivity contribution >= 4 is 5.91 Å². The Morgan fingerprint density at radius 2 is 2.05 bits per heavy atom. The zero-order valence-electron chi connectivity index (χ0n) is 12.3. The second kappa shape index (κ2) is 7.68. The van der Waals surface area contributed by atoms with E-state index in [1.165, 1.54) is 44.9 Å². The molecule has 3 heteroatoms. The van der Waals surface area contributed by atoms with Crippen LogP contribution in [0.4, 0.5) is 0 Å². The molecule has 0 aromatic carbocycles. The summed E-state index contributed by atoms with van der Waals surface area (Å²) in [6.07, 6.45) is 12.3. The predicted molar refractivity (Wildman–Crippen MR) is 79.1 cm³/mol. The van der Waals surface area contributed by atoms with Gasteiger partial charge in [-0.3, -0.25) is 4.79 Å². The zero-order valence-corrected chi connectivity index (χ0v) is 12.3. The first-order valence-corrected chi connectivity index (χ1v) is 7.97. The van der Waals surface area contributed by atoms with Gasteiger partial charge < -0.3 is 10.2 Å². The van der Waals surface area contributed by atoms with Crippen molar-refractivity contribution in [1.82, 2.24) is 10.2 Å². The van der Waals surface area contributed by atoms with Gasteiger partial charge >= 0.3 is 0 Å². The maximum absolute atomic E-state index is 12.2. The monoisotopic (exact) mass is 264 g/mol. The second-order valence-electron chi connectivity index (χ2n) is 5.92. The molecule has 0 radical (unpaired) electrons. The number of amides is 1. The Morgan fingerprint density at radius 1 is 1.26 bits per heavy atom. The Labute approximate surface area is 117 Å². The second-order valence-corrected chi connectivity index (χ2v) is 5.92. The number of carbonyl (C=O) groups excluding carboxylic acids is 1. The van der Waals surface area contributed by atoms with Gasteiger partial charge in [0.1, 0.15) is 0 Å². The summed E-state index contributed by atoms with van der Waals surface area (Å²) < 4.78 is 0. The maximum atomic E-state index is 12.2. The minimum absolute atomic E-state index is 0.0257. The standard InChI is InChI=1S/C16H28N2O/c1-14(16(19)18-12-6-3-7-13-18)17-11-10-15-8-4-2-5-9-15/h8,14,17H,2-7,9-13H2,1H3/t14-/m0/s1. The third-order valence-electron chi connectivity index (χ3n) is 4.32. The molecular weight excluding hydrogens is 236 g/mol. The number of nitrogens with zero attached hydrogens (tertiary/aromatic N) is 1. The van der Waals surface area contributed by atoms with Gasteiger partial charge in [-0.1, -0.05) is 11.6 Å². The smallest absolute Gasteiger partial charge is 0.239 e. The van der Waals surface area contributed by atoms with E-state index in [1.54, 1.807) is 5.57 Å². The average Bonchev–Trinajstić information content (AvgIpc) is 2.48. The van der Waals surface area contributed by atoms with Crippen LogP contribution in [0.1, 0.15) is 58.3 Å². The largest absolute Gasteiger partial charge is 0.341 e. The van der Waals surface area contributed by atoms with Crippen molar-refractivity contribution in [2.45, 2.75) is 64.3 Å². The van der Waals surface area contributed by atoms with Gasteiger partial charge in [0.2, 0.25) is 5.91 Å². The minimum atomic E-state index is -0.0257. The summed E-state index contributed by atoms with van der Waals surface area (Å²) in [5, 5.41) is 3.39. The van der Waals surface area contributed by atoms with Crippen LogP contribution < -0.4 is 5.32 Å². The van der Waals surface area contributed by atoms with Crippen molar-refractivity contribution in [3.63, 3.8) is 0 Å². The van der Waals surface area contributed by atoms with Crippen molar-refractivity contribution < 1.29 is 4.79 Å². The molecule has 0 saturated carbocycles. The van der Waals surface area contributed by atoms with E-state index in [0.29, 0.717) is 0 Å². The van der Waals surface area contributed by atoms with Crippen LogP contribution in [-0.2, 0) is 4.79 Å². The third kappa shape index (κ3) is 4.64. The normalized spacial score (nSPS) is 21.9. The van der Waals surface area contributed by atoms with E-state index in [2.05, 4.69) is 11.4 Å². The Bertz CT molecular complexity index is 319. The summed E-state index contributed by atoms with van der Waals surface area (Å²) in [7, 11) is 0. The number of likely N-dealkylation sites (tertiary alicyclic amines) is 1. The summed E-state index contributed by atoms with van der Waals surface area (Å²) in [5.74, 6) is 0.289. The summed E-state index contributed by atoms with van der Waals surface area (Å²) in [4.78, 5) is 14.3. The molecule has 1 N–H and O–H groups in total. The molecule has 1 fully saturated rings. The highest BCUT2D eigenvalue weighted by Crippen LogP contribution is 2.19. The third-order valence-corrected chi connectivity index (χ3v) is 4.32. The van der Waals surface area contributed by atoms with Crippen molar-refractivity contribution in [1.29, 1.82) is 0 Å². The summed E-state index contributed by atoms with van der Waals surface area (Å²) in [6.45, 7) is 4.85. The molecular formula is C16H28N2O. The fourth-order valence-electron chi connectivity index (χ4n) is 3.06. The van der Waals surface area contributed by atoms with Crippen molar-refractivity contribution in [2.75, 3.05) is 19.6 Å². The zero-order chi connectivity index (χ0) is 13.5. The molecule has 1 amide bonds. The molecule has 0 aromatic rings. The topological polar surface area (TPSA) is 32.3 Å². The molecule has 1 aliphatic heterocycles. The van der Waals surface area contributed by atoms with Gasteiger partial charge in [-0.15, -0.1) is 0 Å². The highest BCUT2D eigenvalue weighted by atomic mass is 16.2. The first kappa shape index (κ1) is 14.6. The van der Waals surface area contributed by atoms with Crippen LogP contribution in [0.2, 0.25) is 0 Å². The molecule has 0 spiro atoms. The fraction of sp³-hybridized carbons (Fsp3) is 0.812. The molecule has 0 bridgehead atoms. The first-order chi connectivity index (χ1) is 9.27. The SMILES string of the molecule is C[C@H](NCCC1=CCCCC1)C(=O)N1CCCCC1. The van der Waals surface area contributed by atoms with Crippen molar-refractivity contribution in [2.24, 2.45) is 0 Å². The Kier molecular flexibility index (Phi) is 5.90. The lowest BCUT2D eigenvalue weighted by atomic mass is 9.97. The molecule has 1 saturated heterocycles. The Balaban J connectivity index is 1.66. The molecule has 2 rings (SSSR count). The van der Waals surface area contributed by atoms with Gasteiger partial charge in [-0.05, 0) is 64.8 Å². The first-order valence-electron chi connectivity index (χ1n) is 7.97. The van der Waals surface area contributed by atoms with E-state index in [0.717, 1.165) is 26.1 Å². The van der Waals surface area contributed by atoms with Crippen LogP contribution in [0.15, 0.2) is 11.6 Å². The molecule has 1 atom stereocenters. The lowest BCUT2D eigenvalue weighted by Crippen LogP contribution is -2.47. The number of allylic oxidation sites excluding steroid dienone is 1. The van der Waals surface area contributed by atoms with E-state index in [4.69, 9.17) is 0 Å². The maximum Gasteiger partial charge on any atom is 0.239 e. The Morgan fingerprint density at radius 3 is 2.74 bits per heavy atom. The number of piperidine rings is 1.